The molecule has 236 valence electrons. The first-order valence-electron chi connectivity index (χ1n) is 15.1. The third-order valence-electron chi connectivity index (χ3n) is 8.94. The monoisotopic (exact) mass is 622 g/mol. The van der Waals surface area contributed by atoms with Gasteiger partial charge in [0.25, 0.3) is 12.4 Å². The molecule has 1 fully saturated rings. The van der Waals surface area contributed by atoms with Gasteiger partial charge in [0.1, 0.15) is 34.7 Å². The fourth-order valence-electron chi connectivity index (χ4n) is 6.53. The topological polar surface area (TPSA) is 119 Å². The number of aromatic nitrogens is 2. The Morgan fingerprint density at radius 1 is 1.02 bits per heavy atom. The second kappa shape index (κ2) is 13.0. The number of piperidine rings is 1. The van der Waals surface area contributed by atoms with Gasteiger partial charge in [-0.15, -0.1) is 0 Å². The van der Waals surface area contributed by atoms with E-state index in [1.54, 1.807) is 18.1 Å². The predicted molar refractivity (Wildman–Crippen MR) is 172 cm³/mol. The lowest BCUT2D eigenvalue weighted by atomic mass is 9.88. The Balaban J connectivity index is 0.00000119. The molecule has 3 heterocycles. The number of carboxylic acid groups (broad SMARTS) is 1. The maximum atomic E-state index is 14.5. The van der Waals surface area contributed by atoms with Crippen LogP contribution in [-0.2, 0) is 11.3 Å². The Kier molecular flexibility index (Phi) is 8.72. The van der Waals surface area contributed by atoms with Crippen LogP contribution in [0.4, 0.5) is 4.39 Å². The van der Waals surface area contributed by atoms with Crippen molar-refractivity contribution in [2.45, 2.75) is 31.3 Å². The summed E-state index contributed by atoms with van der Waals surface area (Å²) in [6, 6.07) is 23.1. The van der Waals surface area contributed by atoms with Gasteiger partial charge in [0, 0.05) is 17.7 Å². The SMILES string of the molecule is COc1cccc2[nH]c(C(c3cc(F)ccc3O)N3Cc4ccc(-c5ccc(C6CCN(C)CC6)cc5)cc4C3=O)nc12.O=CO. The highest BCUT2D eigenvalue weighted by molar-refractivity contribution is 6.00. The van der Waals surface area contributed by atoms with Gasteiger partial charge in [0.15, 0.2) is 0 Å². The number of fused-ring (bicyclic) bond motifs is 2. The van der Waals surface area contributed by atoms with Crippen LogP contribution in [0.5, 0.6) is 11.5 Å². The van der Waals surface area contributed by atoms with Crippen molar-refractivity contribution in [3.63, 3.8) is 0 Å². The average Bonchev–Trinajstić information content (AvgIpc) is 3.64. The molecule has 0 aliphatic carbocycles. The molecule has 4 aromatic carbocycles. The number of nitrogens with zero attached hydrogens (tertiary/aromatic N) is 3. The van der Waals surface area contributed by atoms with Gasteiger partial charge in [-0.25, -0.2) is 9.37 Å². The molecule has 1 aromatic heterocycles. The third-order valence-corrected chi connectivity index (χ3v) is 8.94. The number of benzene rings is 4. The second-order valence-corrected chi connectivity index (χ2v) is 11.7. The van der Waals surface area contributed by atoms with Crippen molar-refractivity contribution < 1.29 is 28.9 Å². The lowest BCUT2D eigenvalue weighted by Crippen LogP contribution is -2.31. The Morgan fingerprint density at radius 2 is 1.74 bits per heavy atom. The van der Waals surface area contributed by atoms with Crippen LogP contribution in [0.3, 0.4) is 0 Å². The number of phenolic OH excluding ortho intramolecular Hbond substituents is 1. The van der Waals surface area contributed by atoms with Crippen LogP contribution in [-0.4, -0.2) is 69.6 Å². The Labute approximate surface area is 265 Å². The van der Waals surface area contributed by atoms with E-state index < -0.39 is 11.9 Å². The number of rotatable bonds is 6. The normalized spacial score (nSPS) is 15.7. The van der Waals surface area contributed by atoms with Crippen LogP contribution in [0, 0.1) is 5.82 Å². The number of aromatic amines is 1. The van der Waals surface area contributed by atoms with Gasteiger partial charge in [0.05, 0.1) is 12.6 Å². The van der Waals surface area contributed by atoms with E-state index in [1.165, 1.54) is 36.6 Å². The number of H-pyrrole nitrogens is 1. The van der Waals surface area contributed by atoms with E-state index in [2.05, 4.69) is 41.2 Å². The number of nitrogens with one attached hydrogen (secondary N) is 1. The van der Waals surface area contributed by atoms with Crippen LogP contribution in [0.2, 0.25) is 0 Å². The molecule has 5 aromatic rings. The van der Waals surface area contributed by atoms with E-state index in [1.807, 2.05) is 30.3 Å². The summed E-state index contributed by atoms with van der Waals surface area (Å²) in [4.78, 5) is 34.5. The number of imidazole rings is 1. The predicted octanol–water partition coefficient (Wildman–Crippen LogP) is 6.34. The van der Waals surface area contributed by atoms with Crippen molar-refractivity contribution >= 4 is 23.4 Å². The van der Waals surface area contributed by atoms with E-state index in [0.29, 0.717) is 34.1 Å². The molecular weight excluding hydrogens is 587 g/mol. The van der Waals surface area contributed by atoms with Crippen molar-refractivity contribution in [3.05, 3.63) is 113 Å². The fraction of sp³-hybridized carbons (Fsp3) is 0.250. The number of amides is 1. The van der Waals surface area contributed by atoms with Gasteiger partial charge in [-0.1, -0.05) is 42.5 Å². The summed E-state index contributed by atoms with van der Waals surface area (Å²) in [5, 5.41) is 17.7. The van der Waals surface area contributed by atoms with Crippen LogP contribution in [0.15, 0.2) is 78.9 Å². The summed E-state index contributed by atoms with van der Waals surface area (Å²) in [5.41, 5.74) is 6.39. The highest BCUT2D eigenvalue weighted by Gasteiger charge is 2.38. The second-order valence-electron chi connectivity index (χ2n) is 11.7. The van der Waals surface area contributed by atoms with Gasteiger partial charge in [-0.05, 0) is 97.5 Å². The Morgan fingerprint density at radius 3 is 2.46 bits per heavy atom. The molecule has 3 N–H and O–H groups in total. The zero-order valence-corrected chi connectivity index (χ0v) is 25.6. The molecule has 0 spiro atoms. The Bertz CT molecular complexity index is 1880. The van der Waals surface area contributed by atoms with Gasteiger partial charge in [-0.2, -0.15) is 0 Å². The number of hydrogen-bond donors (Lipinski definition) is 3. The lowest BCUT2D eigenvalue weighted by Gasteiger charge is -2.29. The molecule has 9 nitrogen and oxygen atoms in total. The molecule has 0 bridgehead atoms. The first-order chi connectivity index (χ1) is 22.3. The zero-order valence-electron chi connectivity index (χ0n) is 25.6. The maximum Gasteiger partial charge on any atom is 0.290 e. The molecule has 46 heavy (non-hydrogen) atoms. The number of carbonyl (C=O) groups excluding carboxylic acids is 1. The van der Waals surface area contributed by atoms with E-state index in [0.717, 1.165) is 29.8 Å². The van der Waals surface area contributed by atoms with Gasteiger partial charge in [0.2, 0.25) is 0 Å². The van der Waals surface area contributed by atoms with Crippen LogP contribution in [0.1, 0.15) is 57.7 Å². The van der Waals surface area contributed by atoms with Crippen molar-refractivity contribution in [2.75, 3.05) is 27.2 Å². The van der Waals surface area contributed by atoms with Crippen molar-refractivity contribution in [1.29, 1.82) is 0 Å². The molecule has 7 rings (SSSR count). The number of aromatic hydroxyl groups is 1. The van der Waals surface area contributed by atoms with Gasteiger partial charge >= 0.3 is 0 Å². The number of ether oxygens (including phenoxy) is 1. The van der Waals surface area contributed by atoms with Gasteiger partial charge in [-0.3, -0.25) is 9.59 Å². The third kappa shape index (κ3) is 5.91. The first-order valence-corrected chi connectivity index (χ1v) is 15.1. The summed E-state index contributed by atoms with van der Waals surface area (Å²) in [6.45, 7) is 2.27. The molecule has 1 saturated heterocycles. The Hall–Kier alpha value is -5.22. The van der Waals surface area contributed by atoms with E-state index in [4.69, 9.17) is 19.6 Å². The fourth-order valence-corrected chi connectivity index (χ4v) is 6.53. The van der Waals surface area contributed by atoms with E-state index in [9.17, 15) is 14.3 Å². The van der Waals surface area contributed by atoms with Crippen molar-refractivity contribution in [3.8, 4) is 22.6 Å². The summed E-state index contributed by atoms with van der Waals surface area (Å²) in [6.07, 6.45) is 2.33. The molecule has 2 aliphatic heterocycles. The van der Waals surface area contributed by atoms with Crippen molar-refractivity contribution in [1.82, 2.24) is 19.8 Å². The molecule has 1 unspecified atom stereocenters. The minimum absolute atomic E-state index is 0.118. The summed E-state index contributed by atoms with van der Waals surface area (Å²) in [5.74, 6) is 0.723. The molecular formula is C36H35FN4O5. The molecule has 1 amide bonds. The number of halogens is 1. The van der Waals surface area contributed by atoms with E-state index in [-0.39, 0.29) is 30.2 Å². The number of para-hydroxylation sites is 1. The first kappa shape index (κ1) is 30.8. The highest BCUT2D eigenvalue weighted by Crippen LogP contribution is 2.41. The number of carbonyl (C=O) groups is 2. The average molecular weight is 623 g/mol. The van der Waals surface area contributed by atoms with Crippen LogP contribution in [0.25, 0.3) is 22.2 Å². The molecule has 10 heteroatoms. The smallest absolute Gasteiger partial charge is 0.290 e. The zero-order chi connectivity index (χ0) is 32.4. The maximum absolute atomic E-state index is 14.5. The molecule has 1 atom stereocenters. The highest BCUT2D eigenvalue weighted by atomic mass is 19.1. The van der Waals surface area contributed by atoms with Crippen LogP contribution >= 0.6 is 0 Å². The van der Waals surface area contributed by atoms with Crippen molar-refractivity contribution in [2.24, 2.45) is 0 Å². The number of methoxy groups -OCH3 is 1. The van der Waals surface area contributed by atoms with Gasteiger partial charge < -0.3 is 29.7 Å². The summed E-state index contributed by atoms with van der Waals surface area (Å²) >= 11 is 0. The summed E-state index contributed by atoms with van der Waals surface area (Å²) < 4.78 is 20.0. The minimum atomic E-state index is -0.857. The van der Waals surface area contributed by atoms with E-state index >= 15 is 0 Å². The molecule has 0 saturated carbocycles. The standard InChI is InChI=1S/C35H33FN4O3.CH2O2/c1-39-16-14-23(15-17-39)21-6-8-22(9-7-21)24-10-11-25-20-40(35(42)27(25)18-24)33(28-19-26(36)12-13-30(28)41)34-37-29-4-3-5-31(43-2)32(29)38-34;2-1-3/h3-13,18-19,23,33,41H,14-17,20H2,1-2H3,(H,37,38);1H,(H,2,3). The molecule has 0 radical (unpaired) electrons. The molecule has 2 aliphatic rings. The lowest BCUT2D eigenvalue weighted by molar-refractivity contribution is -0.122. The minimum Gasteiger partial charge on any atom is -0.508 e. The number of hydrogen-bond acceptors (Lipinski definition) is 6. The quantitative estimate of drug-likeness (QED) is 0.189. The summed E-state index contributed by atoms with van der Waals surface area (Å²) in [7, 11) is 3.74. The largest absolute Gasteiger partial charge is 0.508 e. The number of phenols is 1. The van der Waals surface area contributed by atoms with Crippen LogP contribution < -0.4 is 4.74 Å². The number of likely N-dealkylation sites (tertiary alicyclic amines) is 1.